The molecule has 0 spiro atoms. The SMILES string of the molecule is CCNC(c1cccc(C)c1)c1cc2cc(Cl)ccc2o1. The van der Waals surface area contributed by atoms with Crippen molar-refractivity contribution in [1.82, 2.24) is 5.32 Å². The lowest BCUT2D eigenvalue weighted by atomic mass is 10.0. The lowest BCUT2D eigenvalue weighted by molar-refractivity contribution is 0.477. The summed E-state index contributed by atoms with van der Waals surface area (Å²) in [7, 11) is 0. The van der Waals surface area contributed by atoms with Crippen molar-refractivity contribution in [2.45, 2.75) is 19.9 Å². The van der Waals surface area contributed by atoms with Crippen LogP contribution in [0.1, 0.15) is 29.9 Å². The number of nitrogens with one attached hydrogen (secondary N) is 1. The Morgan fingerprint density at radius 2 is 2.00 bits per heavy atom. The molecule has 0 saturated carbocycles. The molecule has 0 aliphatic carbocycles. The van der Waals surface area contributed by atoms with Crippen molar-refractivity contribution < 1.29 is 4.42 Å². The summed E-state index contributed by atoms with van der Waals surface area (Å²) >= 11 is 6.05. The van der Waals surface area contributed by atoms with Crippen LogP contribution in [0.2, 0.25) is 5.02 Å². The van der Waals surface area contributed by atoms with Gasteiger partial charge in [0.05, 0.1) is 6.04 Å². The lowest BCUT2D eigenvalue weighted by Crippen LogP contribution is -2.21. The van der Waals surface area contributed by atoms with Crippen molar-refractivity contribution in [2.24, 2.45) is 0 Å². The van der Waals surface area contributed by atoms with Crippen molar-refractivity contribution in [3.8, 4) is 0 Å². The van der Waals surface area contributed by atoms with Crippen LogP contribution in [-0.2, 0) is 0 Å². The first kappa shape index (κ1) is 14.2. The van der Waals surface area contributed by atoms with E-state index in [1.807, 2.05) is 18.2 Å². The predicted molar refractivity (Wildman–Crippen MR) is 87.9 cm³/mol. The van der Waals surface area contributed by atoms with Crippen LogP contribution in [0.25, 0.3) is 11.0 Å². The molecular weight excluding hydrogens is 282 g/mol. The summed E-state index contributed by atoms with van der Waals surface area (Å²) in [6.45, 7) is 5.07. The Kier molecular flexibility index (Phi) is 4.00. The molecule has 1 atom stereocenters. The average molecular weight is 300 g/mol. The number of hydrogen-bond acceptors (Lipinski definition) is 2. The number of fused-ring (bicyclic) bond motifs is 1. The van der Waals surface area contributed by atoms with E-state index in [-0.39, 0.29) is 6.04 Å². The minimum absolute atomic E-state index is 0.0566. The van der Waals surface area contributed by atoms with Crippen molar-refractivity contribution in [3.05, 3.63) is 70.4 Å². The predicted octanol–water partition coefficient (Wildman–Crippen LogP) is 5.09. The minimum atomic E-state index is 0.0566. The molecule has 1 N–H and O–H groups in total. The Hall–Kier alpha value is -1.77. The van der Waals surface area contributed by atoms with Crippen LogP contribution in [-0.4, -0.2) is 6.54 Å². The average Bonchev–Trinajstić information content (AvgIpc) is 2.87. The van der Waals surface area contributed by atoms with Gasteiger partial charge in [-0.25, -0.2) is 0 Å². The second kappa shape index (κ2) is 5.92. The molecule has 108 valence electrons. The highest BCUT2D eigenvalue weighted by atomic mass is 35.5. The number of hydrogen-bond donors (Lipinski definition) is 1. The molecule has 3 aromatic rings. The van der Waals surface area contributed by atoms with E-state index in [4.69, 9.17) is 16.0 Å². The Morgan fingerprint density at radius 1 is 1.14 bits per heavy atom. The molecule has 1 aromatic heterocycles. The molecule has 3 heteroatoms. The summed E-state index contributed by atoms with van der Waals surface area (Å²) in [6.07, 6.45) is 0. The molecule has 0 aliphatic rings. The Morgan fingerprint density at radius 3 is 2.76 bits per heavy atom. The molecule has 1 unspecified atom stereocenters. The molecule has 0 fully saturated rings. The maximum Gasteiger partial charge on any atom is 0.134 e. The van der Waals surface area contributed by atoms with Gasteiger partial charge in [0.25, 0.3) is 0 Å². The minimum Gasteiger partial charge on any atom is -0.459 e. The Bertz CT molecular complexity index is 763. The summed E-state index contributed by atoms with van der Waals surface area (Å²) < 4.78 is 6.01. The van der Waals surface area contributed by atoms with Crippen LogP contribution in [0.4, 0.5) is 0 Å². The molecule has 21 heavy (non-hydrogen) atoms. The van der Waals surface area contributed by atoms with Gasteiger partial charge in [-0.3, -0.25) is 0 Å². The van der Waals surface area contributed by atoms with E-state index in [0.29, 0.717) is 0 Å². The zero-order valence-electron chi connectivity index (χ0n) is 12.2. The third kappa shape index (κ3) is 2.97. The first-order chi connectivity index (χ1) is 10.2. The van der Waals surface area contributed by atoms with Gasteiger partial charge in [0, 0.05) is 10.4 Å². The van der Waals surface area contributed by atoms with Gasteiger partial charge in [0.15, 0.2) is 0 Å². The van der Waals surface area contributed by atoms with Gasteiger partial charge in [-0.05, 0) is 43.3 Å². The topological polar surface area (TPSA) is 25.2 Å². The monoisotopic (exact) mass is 299 g/mol. The maximum absolute atomic E-state index is 6.05. The fraction of sp³-hybridized carbons (Fsp3) is 0.222. The highest BCUT2D eigenvalue weighted by Crippen LogP contribution is 2.30. The van der Waals surface area contributed by atoms with Gasteiger partial charge in [-0.1, -0.05) is 48.4 Å². The number of benzene rings is 2. The van der Waals surface area contributed by atoms with Crippen LogP contribution in [0, 0.1) is 6.92 Å². The Balaban J connectivity index is 2.06. The zero-order chi connectivity index (χ0) is 14.8. The van der Waals surface area contributed by atoms with Gasteiger partial charge in [-0.15, -0.1) is 0 Å². The summed E-state index contributed by atoms with van der Waals surface area (Å²) in [5.41, 5.74) is 3.32. The Labute approximate surface area is 129 Å². The molecule has 1 heterocycles. The molecule has 0 saturated heterocycles. The fourth-order valence-corrected chi connectivity index (χ4v) is 2.79. The second-order valence-electron chi connectivity index (χ2n) is 5.24. The smallest absolute Gasteiger partial charge is 0.134 e. The molecule has 3 rings (SSSR count). The van der Waals surface area contributed by atoms with Crippen LogP contribution < -0.4 is 5.32 Å². The van der Waals surface area contributed by atoms with Crippen molar-refractivity contribution in [1.29, 1.82) is 0 Å². The largest absolute Gasteiger partial charge is 0.459 e. The van der Waals surface area contributed by atoms with E-state index >= 15 is 0 Å². The van der Waals surface area contributed by atoms with Gasteiger partial charge in [-0.2, -0.15) is 0 Å². The summed E-state index contributed by atoms with van der Waals surface area (Å²) in [6, 6.07) is 16.3. The third-order valence-corrected chi connectivity index (χ3v) is 3.80. The third-order valence-electron chi connectivity index (χ3n) is 3.57. The summed E-state index contributed by atoms with van der Waals surface area (Å²) in [5, 5.41) is 5.25. The van der Waals surface area contributed by atoms with Gasteiger partial charge < -0.3 is 9.73 Å². The van der Waals surface area contributed by atoms with E-state index in [1.165, 1.54) is 11.1 Å². The maximum atomic E-state index is 6.05. The standard InChI is InChI=1S/C18H18ClNO/c1-3-20-18(13-6-4-5-12(2)9-13)17-11-14-10-15(19)7-8-16(14)21-17/h4-11,18,20H,3H2,1-2H3. The van der Waals surface area contributed by atoms with Crippen LogP contribution in [0.5, 0.6) is 0 Å². The lowest BCUT2D eigenvalue weighted by Gasteiger charge is -2.16. The number of aryl methyl sites for hydroxylation is 1. The molecule has 2 nitrogen and oxygen atoms in total. The quantitative estimate of drug-likeness (QED) is 0.725. The number of furan rings is 1. The van der Waals surface area contributed by atoms with E-state index in [2.05, 4.69) is 49.5 Å². The van der Waals surface area contributed by atoms with Crippen molar-refractivity contribution in [3.63, 3.8) is 0 Å². The van der Waals surface area contributed by atoms with Crippen LogP contribution >= 0.6 is 11.6 Å². The first-order valence-corrected chi connectivity index (χ1v) is 7.54. The summed E-state index contributed by atoms with van der Waals surface area (Å²) in [5.74, 6) is 0.916. The van der Waals surface area contributed by atoms with Gasteiger partial charge >= 0.3 is 0 Å². The number of halogens is 1. The second-order valence-corrected chi connectivity index (χ2v) is 5.67. The van der Waals surface area contributed by atoms with Crippen LogP contribution in [0.15, 0.2) is 52.9 Å². The normalized spacial score (nSPS) is 12.7. The zero-order valence-corrected chi connectivity index (χ0v) is 12.9. The van der Waals surface area contributed by atoms with Crippen LogP contribution in [0.3, 0.4) is 0 Å². The van der Waals surface area contributed by atoms with E-state index < -0.39 is 0 Å². The molecular formula is C18H18ClNO. The summed E-state index contributed by atoms with van der Waals surface area (Å²) in [4.78, 5) is 0. The fourth-order valence-electron chi connectivity index (χ4n) is 2.61. The molecule has 0 aliphatic heterocycles. The van der Waals surface area contributed by atoms with E-state index in [0.717, 1.165) is 28.3 Å². The molecule has 0 radical (unpaired) electrons. The highest BCUT2D eigenvalue weighted by Gasteiger charge is 2.17. The van der Waals surface area contributed by atoms with Crippen molar-refractivity contribution >= 4 is 22.6 Å². The highest BCUT2D eigenvalue weighted by molar-refractivity contribution is 6.31. The molecule has 0 amide bonds. The first-order valence-electron chi connectivity index (χ1n) is 7.16. The molecule has 2 aromatic carbocycles. The number of rotatable bonds is 4. The van der Waals surface area contributed by atoms with E-state index in [1.54, 1.807) is 0 Å². The van der Waals surface area contributed by atoms with Crippen molar-refractivity contribution in [2.75, 3.05) is 6.54 Å². The van der Waals surface area contributed by atoms with Gasteiger partial charge in [0.1, 0.15) is 11.3 Å². The van der Waals surface area contributed by atoms with E-state index in [9.17, 15) is 0 Å². The molecule has 0 bridgehead atoms. The van der Waals surface area contributed by atoms with Gasteiger partial charge in [0.2, 0.25) is 0 Å².